The average Bonchev–Trinajstić information content (AvgIpc) is 3.14. The Labute approximate surface area is 182 Å². The molecule has 8 nitrogen and oxygen atoms in total. The van der Waals surface area contributed by atoms with Gasteiger partial charge in [0.15, 0.2) is 11.5 Å². The van der Waals surface area contributed by atoms with Crippen molar-refractivity contribution in [3.63, 3.8) is 0 Å². The van der Waals surface area contributed by atoms with Crippen LogP contribution in [0.4, 0.5) is 5.82 Å². The first-order valence-corrected chi connectivity index (χ1v) is 11.1. The minimum absolute atomic E-state index is 0.0914. The molecule has 0 spiro atoms. The van der Waals surface area contributed by atoms with Gasteiger partial charge in [0.25, 0.3) is 10.0 Å². The van der Waals surface area contributed by atoms with E-state index >= 15 is 0 Å². The lowest BCUT2D eigenvalue weighted by Crippen LogP contribution is -2.29. The molecule has 0 atom stereocenters. The van der Waals surface area contributed by atoms with Gasteiger partial charge < -0.3 is 14.2 Å². The van der Waals surface area contributed by atoms with Gasteiger partial charge in [-0.1, -0.05) is 0 Å². The van der Waals surface area contributed by atoms with Gasteiger partial charge in [-0.3, -0.25) is 0 Å². The van der Waals surface area contributed by atoms with Gasteiger partial charge in [-0.05, 0) is 62.6 Å². The average molecular weight is 447 g/mol. The van der Waals surface area contributed by atoms with Gasteiger partial charge in [0, 0.05) is 24.9 Å². The van der Waals surface area contributed by atoms with Crippen LogP contribution in [0, 0.1) is 0 Å². The van der Waals surface area contributed by atoms with Crippen molar-refractivity contribution in [2.75, 3.05) is 25.1 Å². The van der Waals surface area contributed by atoms with E-state index in [4.69, 9.17) is 14.2 Å². The Morgan fingerprint density at radius 2 is 1.84 bits per heavy atom. The zero-order valence-electron chi connectivity index (χ0n) is 18.2. The number of benzene rings is 1. The van der Waals surface area contributed by atoms with Crippen LogP contribution in [0.2, 0.25) is 0 Å². The fraction of sp³-hybridized carbons (Fsp3) is 0.364. The van der Waals surface area contributed by atoms with Crippen LogP contribution < -0.4 is 13.8 Å². The molecule has 1 aliphatic rings. The Morgan fingerprint density at radius 1 is 1.13 bits per heavy atom. The normalized spacial score (nSPS) is 13.9. The molecular weight excluding hydrogens is 420 g/mol. The highest BCUT2D eigenvalue weighted by Crippen LogP contribution is 2.35. The van der Waals surface area contributed by atoms with Crippen molar-refractivity contribution in [3.8, 4) is 11.5 Å². The molecule has 1 aromatic carbocycles. The number of nitrogens with zero attached hydrogens (tertiary/aromatic N) is 2. The third-order valence-electron chi connectivity index (χ3n) is 4.55. The van der Waals surface area contributed by atoms with Gasteiger partial charge in [-0.25, -0.2) is 22.5 Å². The Bertz CT molecular complexity index is 1120. The summed E-state index contributed by atoms with van der Waals surface area (Å²) in [6.45, 7) is 5.66. The number of rotatable bonds is 6. The maximum atomic E-state index is 13.2. The van der Waals surface area contributed by atoms with E-state index in [1.165, 1.54) is 42.9 Å². The highest BCUT2D eigenvalue weighted by Gasteiger charge is 2.32. The second-order valence-electron chi connectivity index (χ2n) is 7.96. The number of sulfonamides is 1. The number of carbonyl (C=O) groups is 1. The van der Waals surface area contributed by atoms with Gasteiger partial charge in [0.05, 0.1) is 19.1 Å². The van der Waals surface area contributed by atoms with Crippen LogP contribution in [-0.2, 0) is 26.0 Å². The molecule has 0 radical (unpaired) electrons. The summed E-state index contributed by atoms with van der Waals surface area (Å²) in [6, 6.07) is 6.30. The number of ether oxygens (including phenoxy) is 3. The van der Waals surface area contributed by atoms with E-state index in [1.807, 2.05) is 6.07 Å². The fourth-order valence-corrected chi connectivity index (χ4v) is 4.66. The molecule has 0 N–H and O–H groups in total. The number of aromatic nitrogens is 1. The lowest BCUT2D eigenvalue weighted by Gasteiger charge is -2.19. The van der Waals surface area contributed by atoms with E-state index in [9.17, 15) is 13.2 Å². The zero-order valence-corrected chi connectivity index (χ0v) is 19.0. The van der Waals surface area contributed by atoms with Crippen LogP contribution >= 0.6 is 0 Å². The van der Waals surface area contributed by atoms with E-state index < -0.39 is 21.6 Å². The molecule has 9 heteroatoms. The molecule has 0 saturated carbocycles. The van der Waals surface area contributed by atoms with Crippen LogP contribution in [0.3, 0.4) is 0 Å². The number of hydrogen-bond acceptors (Lipinski definition) is 7. The number of methoxy groups -OCH3 is 2. The Balaban J connectivity index is 1.85. The third-order valence-corrected chi connectivity index (χ3v) is 6.33. The molecule has 31 heavy (non-hydrogen) atoms. The molecule has 166 valence electrons. The molecule has 0 saturated heterocycles. The Morgan fingerprint density at radius 3 is 2.48 bits per heavy atom. The number of anilines is 1. The summed E-state index contributed by atoms with van der Waals surface area (Å²) in [5, 5.41) is 0. The summed E-state index contributed by atoms with van der Waals surface area (Å²) in [5.74, 6) is 0.705. The van der Waals surface area contributed by atoms with Crippen molar-refractivity contribution < 1.29 is 27.4 Å². The minimum Gasteiger partial charge on any atom is -0.493 e. The molecule has 0 fully saturated rings. The first-order chi connectivity index (χ1) is 14.5. The molecule has 0 aliphatic carbocycles. The van der Waals surface area contributed by atoms with Crippen LogP contribution in [-0.4, -0.2) is 45.7 Å². The second-order valence-corrected chi connectivity index (χ2v) is 9.82. The topological polar surface area (TPSA) is 95.0 Å². The maximum absolute atomic E-state index is 13.2. The maximum Gasteiger partial charge on any atom is 0.331 e. The van der Waals surface area contributed by atoms with Gasteiger partial charge in [0.2, 0.25) is 0 Å². The van der Waals surface area contributed by atoms with E-state index in [1.54, 1.807) is 32.9 Å². The van der Waals surface area contributed by atoms with Crippen molar-refractivity contribution >= 4 is 27.9 Å². The van der Waals surface area contributed by atoms with E-state index in [0.717, 1.165) is 5.56 Å². The summed E-state index contributed by atoms with van der Waals surface area (Å²) >= 11 is 0. The number of pyridine rings is 1. The second kappa shape index (κ2) is 8.58. The highest BCUT2D eigenvalue weighted by molar-refractivity contribution is 7.92. The molecule has 0 unspecified atom stereocenters. The Hall–Kier alpha value is -3.07. The monoisotopic (exact) mass is 446 g/mol. The zero-order chi connectivity index (χ0) is 22.8. The molecule has 2 heterocycles. The largest absolute Gasteiger partial charge is 0.493 e. The van der Waals surface area contributed by atoms with Crippen molar-refractivity contribution in [3.05, 3.63) is 47.7 Å². The first-order valence-electron chi connectivity index (χ1n) is 9.70. The summed E-state index contributed by atoms with van der Waals surface area (Å²) in [5.41, 5.74) is 0.904. The van der Waals surface area contributed by atoms with Crippen LogP contribution in [0.1, 0.15) is 31.9 Å². The van der Waals surface area contributed by atoms with E-state index in [-0.39, 0.29) is 11.4 Å². The lowest BCUT2D eigenvalue weighted by atomic mass is 10.1. The quantitative estimate of drug-likeness (QED) is 0.497. The molecule has 1 aliphatic heterocycles. The third kappa shape index (κ3) is 4.99. The number of esters is 1. The van der Waals surface area contributed by atoms with Crippen molar-refractivity contribution in [1.29, 1.82) is 0 Å². The molecule has 3 rings (SSSR count). The van der Waals surface area contributed by atoms with Gasteiger partial charge >= 0.3 is 5.97 Å². The molecule has 1 aromatic heterocycles. The van der Waals surface area contributed by atoms with Crippen molar-refractivity contribution in [1.82, 2.24) is 4.98 Å². The lowest BCUT2D eigenvalue weighted by molar-refractivity contribution is -0.148. The summed E-state index contributed by atoms with van der Waals surface area (Å²) < 4.78 is 43.4. The summed E-state index contributed by atoms with van der Waals surface area (Å²) in [4.78, 5) is 16.3. The fourth-order valence-electron chi connectivity index (χ4n) is 3.19. The molecular formula is C22H26N2O6S. The Kier molecular flexibility index (Phi) is 6.26. The first kappa shape index (κ1) is 22.6. The van der Waals surface area contributed by atoms with E-state index in [0.29, 0.717) is 29.3 Å². The van der Waals surface area contributed by atoms with Gasteiger partial charge in [-0.15, -0.1) is 0 Å². The summed E-state index contributed by atoms with van der Waals surface area (Å²) in [6.07, 6.45) is 4.99. The standard InChI is InChI=1S/C22H26N2O6S/c1-22(2,3)30-20(25)9-6-15-12-16-10-11-24(21(16)23-14-15)31(26,27)17-7-8-18(28-4)19(13-17)29-5/h6-9,12-14H,10-11H2,1-5H3/b9-6+. The number of fused-ring (bicyclic) bond motifs is 1. The van der Waals surface area contributed by atoms with E-state index in [2.05, 4.69) is 4.98 Å². The molecule has 2 aromatic rings. The van der Waals surface area contributed by atoms with Crippen LogP contribution in [0.5, 0.6) is 11.5 Å². The smallest absolute Gasteiger partial charge is 0.331 e. The minimum atomic E-state index is -3.83. The molecule has 0 bridgehead atoms. The van der Waals surface area contributed by atoms with Crippen LogP contribution in [0.25, 0.3) is 6.08 Å². The number of carbonyl (C=O) groups excluding carboxylic acids is 1. The predicted molar refractivity (Wildman–Crippen MR) is 117 cm³/mol. The summed E-state index contributed by atoms with van der Waals surface area (Å²) in [7, 11) is -0.886. The highest BCUT2D eigenvalue weighted by atomic mass is 32.2. The molecule has 0 amide bonds. The number of hydrogen-bond donors (Lipinski definition) is 0. The van der Waals surface area contributed by atoms with Crippen molar-refractivity contribution in [2.45, 2.75) is 37.7 Å². The van der Waals surface area contributed by atoms with Crippen LogP contribution in [0.15, 0.2) is 41.4 Å². The van der Waals surface area contributed by atoms with Gasteiger partial charge in [0.1, 0.15) is 11.4 Å². The van der Waals surface area contributed by atoms with Crippen molar-refractivity contribution in [2.24, 2.45) is 0 Å². The van der Waals surface area contributed by atoms with Gasteiger partial charge in [-0.2, -0.15) is 0 Å². The SMILES string of the molecule is COc1ccc(S(=O)(=O)N2CCc3cc(/C=C/C(=O)OC(C)(C)C)cnc32)cc1OC. The predicted octanol–water partition coefficient (Wildman–Crippen LogP) is 3.21.